The van der Waals surface area contributed by atoms with Crippen molar-refractivity contribution in [2.75, 3.05) is 0 Å². The molecule has 0 spiro atoms. The molecule has 0 aromatic rings. The molecule has 47 valence electrons. The van der Waals surface area contributed by atoms with Gasteiger partial charge in [0.25, 0.3) is 0 Å². The van der Waals surface area contributed by atoms with Crippen LogP contribution in [-0.2, 0) is 9.59 Å². The van der Waals surface area contributed by atoms with Crippen LogP contribution in [-0.4, -0.2) is 11.6 Å². The van der Waals surface area contributed by atoms with Crippen LogP contribution in [0.2, 0.25) is 0 Å². The van der Waals surface area contributed by atoms with Crippen molar-refractivity contribution in [3.05, 3.63) is 18.6 Å². The number of carbonyl (C=O) groups excluding carboxylic acids is 2. The minimum absolute atomic E-state index is 0.0208. The normalized spacial score (nSPS) is 19.9. The second kappa shape index (κ2) is 2.13. The molecular weight excluding hydrogens is 116 g/mol. The van der Waals surface area contributed by atoms with Gasteiger partial charge in [-0.15, -0.1) is 0 Å². The lowest BCUT2D eigenvalue weighted by Gasteiger charge is -2.04. The molecule has 0 fully saturated rings. The van der Waals surface area contributed by atoms with E-state index in [0.717, 1.165) is 0 Å². The summed E-state index contributed by atoms with van der Waals surface area (Å²) in [6, 6.07) is 0. The minimum Gasteiger partial charge on any atom is -0.299 e. The van der Waals surface area contributed by atoms with Gasteiger partial charge in [-0.25, -0.2) is 0 Å². The van der Waals surface area contributed by atoms with Gasteiger partial charge in [0.15, 0.2) is 5.78 Å². The summed E-state index contributed by atoms with van der Waals surface area (Å²) in [4.78, 5) is 21.1. The van der Waals surface area contributed by atoms with E-state index in [1.165, 1.54) is 6.08 Å². The van der Waals surface area contributed by atoms with Gasteiger partial charge in [-0.1, -0.05) is 5.57 Å². The Morgan fingerprint density at radius 3 is 2.44 bits per heavy atom. The topological polar surface area (TPSA) is 34.1 Å². The quantitative estimate of drug-likeness (QED) is 0.444. The van der Waals surface area contributed by atoms with E-state index in [2.05, 4.69) is 6.92 Å². The summed E-state index contributed by atoms with van der Waals surface area (Å²) in [5.41, 5.74) is 0.635. The SMILES string of the molecule is [CH2]C1=CC(=O)CC(=O)C1. The Hall–Kier alpha value is -0.920. The predicted molar refractivity (Wildman–Crippen MR) is 32.7 cm³/mol. The van der Waals surface area contributed by atoms with Gasteiger partial charge in [0.05, 0.1) is 6.42 Å². The third-order valence-electron chi connectivity index (χ3n) is 1.16. The Morgan fingerprint density at radius 2 is 2.00 bits per heavy atom. The van der Waals surface area contributed by atoms with E-state index in [1.807, 2.05) is 0 Å². The van der Waals surface area contributed by atoms with E-state index in [1.54, 1.807) is 0 Å². The van der Waals surface area contributed by atoms with Crippen LogP contribution in [0.15, 0.2) is 11.6 Å². The van der Waals surface area contributed by atoms with Crippen molar-refractivity contribution >= 4 is 11.6 Å². The van der Waals surface area contributed by atoms with Crippen LogP contribution in [0.25, 0.3) is 0 Å². The van der Waals surface area contributed by atoms with Gasteiger partial charge in [0, 0.05) is 6.42 Å². The van der Waals surface area contributed by atoms with E-state index in [4.69, 9.17) is 0 Å². The molecule has 0 heterocycles. The van der Waals surface area contributed by atoms with E-state index in [-0.39, 0.29) is 18.0 Å². The highest BCUT2D eigenvalue weighted by Gasteiger charge is 2.13. The maximum atomic E-state index is 10.6. The molecule has 0 unspecified atom stereocenters. The van der Waals surface area contributed by atoms with Gasteiger partial charge >= 0.3 is 0 Å². The highest BCUT2D eigenvalue weighted by atomic mass is 16.1. The number of ketones is 2. The van der Waals surface area contributed by atoms with Crippen molar-refractivity contribution in [2.45, 2.75) is 12.8 Å². The largest absolute Gasteiger partial charge is 0.299 e. The van der Waals surface area contributed by atoms with Crippen LogP contribution in [0.4, 0.5) is 0 Å². The Morgan fingerprint density at radius 1 is 1.33 bits per heavy atom. The van der Waals surface area contributed by atoms with Gasteiger partial charge in [-0.2, -0.15) is 0 Å². The molecule has 2 heteroatoms. The summed E-state index contributed by atoms with van der Waals surface area (Å²) < 4.78 is 0. The molecule has 0 atom stereocenters. The van der Waals surface area contributed by atoms with Gasteiger partial charge in [0.2, 0.25) is 0 Å². The Bertz CT molecular complexity index is 189. The molecule has 0 saturated heterocycles. The fraction of sp³-hybridized carbons (Fsp3) is 0.286. The Balaban J connectivity index is 2.79. The van der Waals surface area contributed by atoms with Crippen LogP contribution >= 0.6 is 0 Å². The van der Waals surface area contributed by atoms with Gasteiger partial charge < -0.3 is 0 Å². The number of Topliss-reactive ketones (excluding diaryl/α,β-unsaturated/α-hetero) is 1. The average molecular weight is 123 g/mol. The van der Waals surface area contributed by atoms with Crippen molar-refractivity contribution < 1.29 is 9.59 Å². The number of allylic oxidation sites excluding steroid dienone is 2. The molecule has 0 amide bonds. The molecule has 1 rings (SSSR count). The zero-order valence-corrected chi connectivity index (χ0v) is 5.02. The van der Waals surface area contributed by atoms with Crippen LogP contribution in [0.1, 0.15) is 12.8 Å². The standard InChI is InChI=1S/C7H7O2/c1-5-2-6(8)4-7(9)3-5/h2H,1,3-4H2. The Kier molecular flexibility index (Phi) is 1.47. The Labute approximate surface area is 53.6 Å². The van der Waals surface area contributed by atoms with Gasteiger partial charge in [0.1, 0.15) is 5.78 Å². The summed E-state index contributed by atoms with van der Waals surface area (Å²) >= 11 is 0. The lowest BCUT2D eigenvalue weighted by molar-refractivity contribution is -0.125. The predicted octanol–water partition coefficient (Wildman–Crippen LogP) is 0.679. The van der Waals surface area contributed by atoms with E-state index in [9.17, 15) is 9.59 Å². The number of hydrogen-bond donors (Lipinski definition) is 0. The molecule has 1 aliphatic rings. The first kappa shape index (κ1) is 6.20. The zero-order valence-electron chi connectivity index (χ0n) is 5.02. The molecule has 0 aliphatic heterocycles. The summed E-state index contributed by atoms with van der Waals surface area (Å²) in [6.45, 7) is 3.52. The maximum absolute atomic E-state index is 10.6. The summed E-state index contributed by atoms with van der Waals surface area (Å²) in [5, 5.41) is 0. The second-order valence-electron chi connectivity index (χ2n) is 2.16. The molecular formula is C7H7O2. The van der Waals surface area contributed by atoms with Crippen LogP contribution in [0.5, 0.6) is 0 Å². The first-order valence-corrected chi connectivity index (χ1v) is 2.75. The molecule has 2 nitrogen and oxygen atoms in total. The van der Waals surface area contributed by atoms with Crippen molar-refractivity contribution in [1.82, 2.24) is 0 Å². The smallest absolute Gasteiger partial charge is 0.163 e. The highest BCUT2D eigenvalue weighted by molar-refractivity contribution is 6.08. The van der Waals surface area contributed by atoms with Crippen LogP contribution in [0, 0.1) is 6.92 Å². The lowest BCUT2D eigenvalue weighted by atomic mass is 9.99. The first-order valence-electron chi connectivity index (χ1n) is 2.75. The monoisotopic (exact) mass is 123 g/mol. The van der Waals surface area contributed by atoms with Crippen molar-refractivity contribution in [2.24, 2.45) is 0 Å². The van der Waals surface area contributed by atoms with Crippen molar-refractivity contribution in [3.63, 3.8) is 0 Å². The molecule has 0 aromatic heterocycles. The zero-order chi connectivity index (χ0) is 6.85. The number of hydrogen-bond acceptors (Lipinski definition) is 2. The van der Waals surface area contributed by atoms with E-state index >= 15 is 0 Å². The molecule has 1 aliphatic carbocycles. The molecule has 0 saturated carbocycles. The second-order valence-corrected chi connectivity index (χ2v) is 2.16. The average Bonchev–Trinajstić information content (AvgIpc) is 1.59. The van der Waals surface area contributed by atoms with Crippen LogP contribution in [0.3, 0.4) is 0 Å². The fourth-order valence-corrected chi connectivity index (χ4v) is 0.840. The van der Waals surface area contributed by atoms with E-state index < -0.39 is 0 Å². The van der Waals surface area contributed by atoms with E-state index in [0.29, 0.717) is 12.0 Å². The summed E-state index contributed by atoms with van der Waals surface area (Å²) in [7, 11) is 0. The number of rotatable bonds is 0. The highest BCUT2D eigenvalue weighted by Crippen LogP contribution is 2.09. The minimum atomic E-state index is -0.115. The van der Waals surface area contributed by atoms with Gasteiger partial charge in [-0.3, -0.25) is 9.59 Å². The molecule has 0 aromatic carbocycles. The maximum Gasteiger partial charge on any atom is 0.163 e. The van der Waals surface area contributed by atoms with Crippen molar-refractivity contribution in [1.29, 1.82) is 0 Å². The molecule has 1 radical (unpaired) electrons. The lowest BCUT2D eigenvalue weighted by Crippen LogP contribution is -2.11. The number of carbonyl (C=O) groups is 2. The molecule has 9 heavy (non-hydrogen) atoms. The fourth-order valence-electron chi connectivity index (χ4n) is 0.840. The molecule has 0 bridgehead atoms. The third kappa shape index (κ3) is 1.49. The van der Waals surface area contributed by atoms with Crippen LogP contribution < -0.4 is 0 Å². The van der Waals surface area contributed by atoms with Crippen molar-refractivity contribution in [3.8, 4) is 0 Å². The third-order valence-corrected chi connectivity index (χ3v) is 1.16. The summed E-state index contributed by atoms with van der Waals surface area (Å²) in [6.07, 6.45) is 1.85. The molecule has 0 N–H and O–H groups in total. The first-order chi connectivity index (χ1) is 4.18. The summed E-state index contributed by atoms with van der Waals surface area (Å²) in [5.74, 6) is -0.135. The van der Waals surface area contributed by atoms with Gasteiger partial charge in [-0.05, 0) is 13.0 Å².